The highest BCUT2D eigenvalue weighted by atomic mass is 32.1. The first-order chi connectivity index (χ1) is 15.0. The minimum Gasteiger partial charge on any atom is -0.494 e. The Balaban J connectivity index is 1.83. The van der Waals surface area contributed by atoms with Gasteiger partial charge < -0.3 is 25.0 Å². The van der Waals surface area contributed by atoms with Crippen LogP contribution in [0.25, 0.3) is 0 Å². The van der Waals surface area contributed by atoms with E-state index in [-0.39, 0.29) is 11.8 Å². The van der Waals surface area contributed by atoms with Crippen LogP contribution >= 0.6 is 11.3 Å². The van der Waals surface area contributed by atoms with Gasteiger partial charge in [-0.3, -0.25) is 9.59 Å². The number of methoxy groups -OCH3 is 1. The molecule has 0 radical (unpaired) electrons. The lowest BCUT2D eigenvalue weighted by atomic mass is 10.0. The summed E-state index contributed by atoms with van der Waals surface area (Å²) in [4.78, 5) is 39.8. The number of ether oxygens (including phenoxy) is 2. The fourth-order valence-corrected chi connectivity index (χ4v) is 4.63. The first-order valence-electron chi connectivity index (χ1n) is 10.2. The van der Waals surface area contributed by atoms with Gasteiger partial charge in [-0.15, -0.1) is 11.3 Å². The first kappa shape index (κ1) is 22.6. The van der Waals surface area contributed by atoms with E-state index in [0.29, 0.717) is 48.0 Å². The number of amides is 3. The molecule has 3 rings (SSSR count). The van der Waals surface area contributed by atoms with Crippen LogP contribution in [0, 0.1) is 0 Å². The maximum atomic E-state index is 12.9. The second kappa shape index (κ2) is 10.3. The van der Waals surface area contributed by atoms with Crippen molar-refractivity contribution in [3.63, 3.8) is 0 Å². The maximum absolute atomic E-state index is 12.9. The number of carbonyl (C=O) groups excluding carboxylic acids is 3. The zero-order valence-corrected chi connectivity index (χ0v) is 18.8. The molecule has 0 saturated heterocycles. The Bertz CT molecular complexity index is 972. The molecule has 2 heterocycles. The topological polar surface area (TPSA) is 97.0 Å². The number of carbonyl (C=O) groups is 3. The van der Waals surface area contributed by atoms with Gasteiger partial charge in [0, 0.05) is 24.0 Å². The second-order valence-corrected chi connectivity index (χ2v) is 8.22. The third kappa shape index (κ3) is 5.16. The van der Waals surface area contributed by atoms with E-state index in [2.05, 4.69) is 17.6 Å². The fraction of sp³-hybridized carbons (Fsp3) is 0.409. The SMILES string of the molecule is CCCCOc1cccc(C(=O)Nc2sc3c(c2C(=O)NC)CCN(C(=O)OC)C3)c1. The number of rotatable bonds is 7. The Labute approximate surface area is 185 Å². The molecule has 8 nitrogen and oxygen atoms in total. The Morgan fingerprint density at radius 1 is 1.23 bits per heavy atom. The summed E-state index contributed by atoms with van der Waals surface area (Å²) in [5, 5.41) is 6.00. The van der Waals surface area contributed by atoms with Crippen molar-refractivity contribution in [1.82, 2.24) is 10.2 Å². The van der Waals surface area contributed by atoms with Crippen LogP contribution in [0.4, 0.5) is 9.80 Å². The van der Waals surface area contributed by atoms with E-state index in [4.69, 9.17) is 9.47 Å². The van der Waals surface area contributed by atoms with Crippen LogP contribution in [0.15, 0.2) is 24.3 Å². The average Bonchev–Trinajstić information content (AvgIpc) is 3.15. The maximum Gasteiger partial charge on any atom is 0.409 e. The van der Waals surface area contributed by atoms with Crippen LogP contribution in [-0.4, -0.2) is 50.1 Å². The normalized spacial score (nSPS) is 12.7. The Kier molecular flexibility index (Phi) is 7.51. The van der Waals surface area contributed by atoms with E-state index in [1.807, 2.05) is 6.07 Å². The first-order valence-corrected chi connectivity index (χ1v) is 11.0. The number of nitrogens with zero attached hydrogens (tertiary/aromatic N) is 1. The molecule has 0 saturated carbocycles. The summed E-state index contributed by atoms with van der Waals surface area (Å²) in [7, 11) is 2.90. The quantitative estimate of drug-likeness (QED) is 0.634. The van der Waals surface area contributed by atoms with Crippen molar-refractivity contribution in [2.75, 3.05) is 32.6 Å². The Hall–Kier alpha value is -3.07. The van der Waals surface area contributed by atoms with Crippen LogP contribution in [0.1, 0.15) is 50.9 Å². The Morgan fingerprint density at radius 2 is 2.03 bits per heavy atom. The van der Waals surface area contributed by atoms with E-state index in [1.165, 1.54) is 18.4 Å². The molecule has 31 heavy (non-hydrogen) atoms. The monoisotopic (exact) mass is 445 g/mol. The lowest BCUT2D eigenvalue weighted by Gasteiger charge is -2.25. The molecule has 2 aromatic rings. The number of anilines is 1. The molecule has 2 N–H and O–H groups in total. The molecule has 0 atom stereocenters. The molecule has 1 aliphatic heterocycles. The van der Waals surface area contributed by atoms with Crippen molar-refractivity contribution >= 4 is 34.2 Å². The molecular formula is C22H27N3O5S. The van der Waals surface area contributed by atoms with Gasteiger partial charge in [0.05, 0.1) is 25.8 Å². The minimum atomic E-state index is -0.411. The zero-order valence-electron chi connectivity index (χ0n) is 17.9. The smallest absolute Gasteiger partial charge is 0.409 e. The van der Waals surface area contributed by atoms with E-state index in [0.717, 1.165) is 23.3 Å². The largest absolute Gasteiger partial charge is 0.494 e. The number of benzene rings is 1. The van der Waals surface area contributed by atoms with Gasteiger partial charge in [0.25, 0.3) is 11.8 Å². The molecule has 0 spiro atoms. The molecule has 1 aromatic carbocycles. The standard InChI is InChI=1S/C22H27N3O5S/c1-4-5-11-30-15-8-6-7-14(12-15)19(26)24-21-18(20(27)23-2)16-9-10-25(22(28)29-3)13-17(16)31-21/h6-8,12H,4-5,9-11,13H2,1-3H3,(H,23,27)(H,24,26). The van der Waals surface area contributed by atoms with Crippen molar-refractivity contribution in [3.05, 3.63) is 45.8 Å². The van der Waals surface area contributed by atoms with Crippen molar-refractivity contribution in [2.24, 2.45) is 0 Å². The summed E-state index contributed by atoms with van der Waals surface area (Å²) in [5.41, 5.74) is 1.76. The van der Waals surface area contributed by atoms with Gasteiger partial charge in [0.15, 0.2) is 0 Å². The number of thiophene rings is 1. The Morgan fingerprint density at radius 3 is 2.74 bits per heavy atom. The van der Waals surface area contributed by atoms with Gasteiger partial charge in [-0.05, 0) is 36.6 Å². The van der Waals surface area contributed by atoms with E-state index in [9.17, 15) is 14.4 Å². The predicted molar refractivity (Wildman–Crippen MR) is 119 cm³/mol. The summed E-state index contributed by atoms with van der Waals surface area (Å²) in [6.45, 7) is 3.47. The molecule has 3 amide bonds. The van der Waals surface area contributed by atoms with Gasteiger partial charge in [-0.2, -0.15) is 0 Å². The summed E-state index contributed by atoms with van der Waals surface area (Å²) in [6, 6.07) is 6.97. The molecule has 9 heteroatoms. The number of unbranched alkanes of at least 4 members (excludes halogenated alkanes) is 1. The van der Waals surface area contributed by atoms with Gasteiger partial charge in [-0.1, -0.05) is 19.4 Å². The number of fused-ring (bicyclic) bond motifs is 1. The molecule has 0 aliphatic carbocycles. The highest BCUT2D eigenvalue weighted by Crippen LogP contribution is 2.37. The number of hydrogen-bond acceptors (Lipinski definition) is 6. The fourth-order valence-electron chi connectivity index (χ4n) is 3.38. The molecule has 166 valence electrons. The highest BCUT2D eigenvalue weighted by Gasteiger charge is 2.30. The van der Waals surface area contributed by atoms with Crippen LogP contribution in [0.3, 0.4) is 0 Å². The number of nitrogens with one attached hydrogen (secondary N) is 2. The third-order valence-electron chi connectivity index (χ3n) is 5.03. The summed E-state index contributed by atoms with van der Waals surface area (Å²) in [6.07, 6.45) is 2.07. The van der Waals surface area contributed by atoms with Crippen molar-refractivity contribution in [3.8, 4) is 5.75 Å². The molecule has 0 bridgehead atoms. The lowest BCUT2D eigenvalue weighted by Crippen LogP contribution is -2.35. The molecule has 0 fully saturated rings. The highest BCUT2D eigenvalue weighted by molar-refractivity contribution is 7.17. The molecule has 1 aliphatic rings. The van der Waals surface area contributed by atoms with Crippen LogP contribution in [0.5, 0.6) is 5.75 Å². The molecule has 0 unspecified atom stereocenters. The van der Waals surface area contributed by atoms with Crippen LogP contribution < -0.4 is 15.4 Å². The van der Waals surface area contributed by atoms with E-state index < -0.39 is 6.09 Å². The van der Waals surface area contributed by atoms with Crippen LogP contribution in [0.2, 0.25) is 0 Å². The van der Waals surface area contributed by atoms with Crippen molar-refractivity contribution in [1.29, 1.82) is 0 Å². The lowest BCUT2D eigenvalue weighted by molar-refractivity contribution is 0.0962. The van der Waals surface area contributed by atoms with Crippen molar-refractivity contribution in [2.45, 2.75) is 32.7 Å². The molecular weight excluding hydrogens is 418 g/mol. The van der Waals surface area contributed by atoms with E-state index >= 15 is 0 Å². The zero-order chi connectivity index (χ0) is 22.4. The summed E-state index contributed by atoms with van der Waals surface area (Å²) in [5.74, 6) is 0.0392. The van der Waals surface area contributed by atoms with Crippen LogP contribution in [-0.2, 0) is 17.7 Å². The van der Waals surface area contributed by atoms with Gasteiger partial charge in [0.2, 0.25) is 0 Å². The van der Waals surface area contributed by atoms with Gasteiger partial charge in [0.1, 0.15) is 10.8 Å². The van der Waals surface area contributed by atoms with Gasteiger partial charge in [-0.25, -0.2) is 4.79 Å². The van der Waals surface area contributed by atoms with Gasteiger partial charge >= 0.3 is 6.09 Å². The third-order valence-corrected chi connectivity index (χ3v) is 6.17. The average molecular weight is 446 g/mol. The molecule has 1 aromatic heterocycles. The summed E-state index contributed by atoms with van der Waals surface area (Å²) < 4.78 is 10.5. The minimum absolute atomic E-state index is 0.268. The summed E-state index contributed by atoms with van der Waals surface area (Å²) >= 11 is 1.31. The second-order valence-electron chi connectivity index (χ2n) is 7.11. The van der Waals surface area contributed by atoms with E-state index in [1.54, 1.807) is 30.1 Å². The number of hydrogen-bond donors (Lipinski definition) is 2. The van der Waals surface area contributed by atoms with Crippen molar-refractivity contribution < 1.29 is 23.9 Å². The predicted octanol–water partition coefficient (Wildman–Crippen LogP) is 3.66.